The molecule has 32 heavy (non-hydrogen) atoms. The molecule has 2 amide bonds. The van der Waals surface area contributed by atoms with Crippen LogP contribution >= 0.6 is 0 Å². The highest BCUT2D eigenvalue weighted by atomic mass is 16.2. The highest BCUT2D eigenvalue weighted by molar-refractivity contribution is 6.21. The van der Waals surface area contributed by atoms with Crippen LogP contribution in [0.4, 0.5) is 0 Å². The topological polar surface area (TPSA) is 82.0 Å². The first-order valence-electron chi connectivity index (χ1n) is 10.4. The van der Waals surface area contributed by atoms with E-state index < -0.39 is 11.8 Å². The number of carbonyl (C=O) groups excluding carboxylic acids is 2. The molecule has 0 aliphatic heterocycles. The van der Waals surface area contributed by atoms with Crippen molar-refractivity contribution in [3.8, 4) is 6.07 Å². The minimum atomic E-state index is -0.469. The van der Waals surface area contributed by atoms with E-state index >= 15 is 0 Å². The average Bonchev–Trinajstić information content (AvgIpc) is 2.83. The molecule has 0 radical (unpaired) electrons. The standard InChI is InChI=1S/C27H25N3O2/c1-19(23-9-5-3-6-10-23)29-26(31)25(17-21-13-15-22(18-28)16-14-21)27(32)30-20(2)24-11-7-4-8-12-24/h3-17,19-20H,1-2H3,(H,29,31)(H,30,32)/t19-,20-/m1/s1. The Morgan fingerprint density at radius 1 is 0.750 bits per heavy atom. The van der Waals surface area contributed by atoms with E-state index in [0.717, 1.165) is 11.1 Å². The lowest BCUT2D eigenvalue weighted by molar-refractivity contribution is -0.124. The third kappa shape index (κ3) is 5.93. The van der Waals surface area contributed by atoms with Crippen LogP contribution in [0, 0.1) is 11.3 Å². The van der Waals surface area contributed by atoms with Gasteiger partial charge in [0.2, 0.25) is 0 Å². The Morgan fingerprint density at radius 2 is 1.19 bits per heavy atom. The van der Waals surface area contributed by atoms with E-state index in [0.29, 0.717) is 11.1 Å². The summed E-state index contributed by atoms with van der Waals surface area (Å²) in [4.78, 5) is 26.2. The quantitative estimate of drug-likeness (QED) is 0.328. The summed E-state index contributed by atoms with van der Waals surface area (Å²) in [7, 11) is 0. The molecule has 0 saturated carbocycles. The van der Waals surface area contributed by atoms with Gasteiger partial charge in [-0.15, -0.1) is 0 Å². The van der Waals surface area contributed by atoms with Gasteiger partial charge >= 0.3 is 0 Å². The number of amides is 2. The van der Waals surface area contributed by atoms with Crippen molar-refractivity contribution in [1.82, 2.24) is 10.6 Å². The van der Waals surface area contributed by atoms with Gasteiger partial charge in [0.1, 0.15) is 5.57 Å². The molecule has 3 rings (SSSR count). The van der Waals surface area contributed by atoms with Crippen LogP contribution in [-0.2, 0) is 9.59 Å². The molecule has 2 N–H and O–H groups in total. The summed E-state index contributed by atoms with van der Waals surface area (Å²) >= 11 is 0. The molecule has 2 atom stereocenters. The smallest absolute Gasteiger partial charge is 0.257 e. The molecule has 0 bridgehead atoms. The molecule has 0 aliphatic carbocycles. The van der Waals surface area contributed by atoms with Crippen LogP contribution in [0.3, 0.4) is 0 Å². The molecule has 5 heteroatoms. The number of nitriles is 1. The molecule has 0 unspecified atom stereocenters. The van der Waals surface area contributed by atoms with E-state index in [2.05, 4.69) is 16.7 Å². The predicted octanol–water partition coefficient (Wildman–Crippen LogP) is 4.70. The number of rotatable bonds is 7. The number of hydrogen-bond donors (Lipinski definition) is 2. The van der Waals surface area contributed by atoms with E-state index in [4.69, 9.17) is 5.26 Å². The van der Waals surface area contributed by atoms with Gasteiger partial charge < -0.3 is 10.6 Å². The van der Waals surface area contributed by atoms with Crippen LogP contribution in [-0.4, -0.2) is 11.8 Å². The molecule has 0 fully saturated rings. The van der Waals surface area contributed by atoms with Gasteiger partial charge in [-0.3, -0.25) is 9.59 Å². The predicted molar refractivity (Wildman–Crippen MR) is 125 cm³/mol. The minimum Gasteiger partial charge on any atom is -0.345 e. The van der Waals surface area contributed by atoms with E-state index in [1.807, 2.05) is 74.5 Å². The van der Waals surface area contributed by atoms with Crippen molar-refractivity contribution in [2.45, 2.75) is 25.9 Å². The Kier molecular flexibility index (Phi) is 7.55. The lowest BCUT2D eigenvalue weighted by Gasteiger charge is -2.18. The van der Waals surface area contributed by atoms with Crippen LogP contribution in [0.25, 0.3) is 6.08 Å². The second-order valence-corrected chi connectivity index (χ2v) is 7.50. The summed E-state index contributed by atoms with van der Waals surface area (Å²) in [5, 5.41) is 14.8. The fourth-order valence-corrected chi connectivity index (χ4v) is 3.25. The maximum atomic E-state index is 13.1. The van der Waals surface area contributed by atoms with Crippen LogP contribution < -0.4 is 10.6 Å². The molecular formula is C27H25N3O2. The minimum absolute atomic E-state index is 0.000250. The third-order valence-electron chi connectivity index (χ3n) is 5.13. The third-order valence-corrected chi connectivity index (χ3v) is 5.13. The Balaban J connectivity index is 1.86. The van der Waals surface area contributed by atoms with Crippen LogP contribution in [0.5, 0.6) is 0 Å². The first-order chi connectivity index (χ1) is 15.5. The Labute approximate surface area is 188 Å². The Hall–Kier alpha value is -4.17. The summed E-state index contributed by atoms with van der Waals surface area (Å²) in [6, 6.07) is 27.4. The van der Waals surface area contributed by atoms with Gasteiger partial charge in [-0.25, -0.2) is 0 Å². The highest BCUT2D eigenvalue weighted by Gasteiger charge is 2.22. The molecule has 160 valence electrons. The molecule has 5 nitrogen and oxygen atoms in total. The van der Waals surface area contributed by atoms with Crippen molar-refractivity contribution in [3.63, 3.8) is 0 Å². The molecule has 0 aliphatic rings. The summed E-state index contributed by atoms with van der Waals surface area (Å²) < 4.78 is 0. The zero-order chi connectivity index (χ0) is 22.9. The maximum absolute atomic E-state index is 13.1. The van der Waals surface area contributed by atoms with Gasteiger partial charge in [0.15, 0.2) is 0 Å². The highest BCUT2D eigenvalue weighted by Crippen LogP contribution is 2.16. The van der Waals surface area contributed by atoms with Crippen molar-refractivity contribution in [2.75, 3.05) is 0 Å². The van der Waals surface area contributed by atoms with Crippen molar-refractivity contribution < 1.29 is 9.59 Å². The van der Waals surface area contributed by atoms with Gasteiger partial charge in [0, 0.05) is 0 Å². The fraction of sp³-hybridized carbons (Fsp3) is 0.148. The number of hydrogen-bond acceptors (Lipinski definition) is 3. The zero-order valence-electron chi connectivity index (χ0n) is 18.1. The Morgan fingerprint density at radius 3 is 1.59 bits per heavy atom. The van der Waals surface area contributed by atoms with Gasteiger partial charge in [-0.05, 0) is 48.7 Å². The van der Waals surface area contributed by atoms with Gasteiger partial charge in [0.25, 0.3) is 11.8 Å². The number of nitrogens with one attached hydrogen (secondary N) is 2. The maximum Gasteiger partial charge on any atom is 0.257 e. The molecule has 0 spiro atoms. The zero-order valence-corrected chi connectivity index (χ0v) is 18.1. The molecular weight excluding hydrogens is 398 g/mol. The van der Waals surface area contributed by atoms with Gasteiger partial charge in [0.05, 0.1) is 23.7 Å². The van der Waals surface area contributed by atoms with Crippen molar-refractivity contribution in [2.24, 2.45) is 0 Å². The summed E-state index contributed by atoms with van der Waals surface area (Å²) in [6.07, 6.45) is 1.54. The molecule has 0 saturated heterocycles. The number of nitrogens with zero attached hydrogens (tertiary/aromatic N) is 1. The van der Waals surface area contributed by atoms with E-state index in [1.165, 1.54) is 0 Å². The summed E-state index contributed by atoms with van der Waals surface area (Å²) in [6.45, 7) is 3.74. The monoisotopic (exact) mass is 423 g/mol. The van der Waals surface area contributed by atoms with Crippen LogP contribution in [0.1, 0.15) is 48.2 Å². The summed E-state index contributed by atoms with van der Waals surface area (Å²) in [5.74, 6) is -0.938. The molecule has 3 aromatic rings. The van der Waals surface area contributed by atoms with Crippen molar-refractivity contribution >= 4 is 17.9 Å². The fourth-order valence-electron chi connectivity index (χ4n) is 3.25. The first kappa shape index (κ1) is 22.5. The van der Waals surface area contributed by atoms with Crippen molar-refractivity contribution in [1.29, 1.82) is 5.26 Å². The largest absolute Gasteiger partial charge is 0.345 e. The van der Waals surface area contributed by atoms with E-state index in [9.17, 15) is 9.59 Å². The van der Waals surface area contributed by atoms with Crippen LogP contribution in [0.2, 0.25) is 0 Å². The SMILES string of the molecule is C[C@@H](NC(=O)C(=Cc1ccc(C#N)cc1)C(=O)N[C@H](C)c1ccccc1)c1ccccc1. The second kappa shape index (κ2) is 10.7. The Bertz CT molecular complexity index is 1070. The summed E-state index contributed by atoms with van der Waals surface area (Å²) in [5.41, 5.74) is 3.05. The van der Waals surface area contributed by atoms with Crippen molar-refractivity contribution in [3.05, 3.63) is 113 Å². The number of carbonyl (C=O) groups is 2. The molecule has 3 aromatic carbocycles. The number of benzene rings is 3. The van der Waals surface area contributed by atoms with E-state index in [-0.39, 0.29) is 17.7 Å². The first-order valence-corrected chi connectivity index (χ1v) is 10.4. The second-order valence-electron chi connectivity index (χ2n) is 7.50. The lowest BCUT2D eigenvalue weighted by atomic mass is 10.0. The lowest BCUT2D eigenvalue weighted by Crippen LogP contribution is -2.36. The normalized spacial score (nSPS) is 12.0. The van der Waals surface area contributed by atoms with Gasteiger partial charge in [-0.1, -0.05) is 72.8 Å². The average molecular weight is 424 g/mol. The van der Waals surface area contributed by atoms with E-state index in [1.54, 1.807) is 30.3 Å². The van der Waals surface area contributed by atoms with Crippen LogP contribution in [0.15, 0.2) is 90.5 Å². The molecule has 0 heterocycles. The van der Waals surface area contributed by atoms with Gasteiger partial charge in [-0.2, -0.15) is 5.26 Å². The molecule has 0 aromatic heterocycles.